The fourth-order valence-corrected chi connectivity index (χ4v) is 1.88. The summed E-state index contributed by atoms with van der Waals surface area (Å²) in [6, 6.07) is 3.42. The van der Waals surface area contributed by atoms with E-state index in [1.54, 1.807) is 35.2 Å². The highest BCUT2D eigenvalue weighted by Crippen LogP contribution is 2.08. The molecule has 7 nitrogen and oxygen atoms in total. The Balaban J connectivity index is 1.93. The number of carbonyl (C=O) groups excluding carboxylic acids is 1. The normalized spacial score (nSPS) is 11.9. The molecule has 2 aromatic heterocycles. The van der Waals surface area contributed by atoms with E-state index in [4.69, 9.17) is 0 Å². The monoisotopic (exact) mass is 274 g/mol. The number of aromatic nitrogens is 4. The second-order valence-corrected chi connectivity index (χ2v) is 4.68. The van der Waals surface area contributed by atoms with Crippen LogP contribution in [-0.4, -0.2) is 37.7 Å². The van der Waals surface area contributed by atoms with Crippen LogP contribution in [-0.2, 0) is 13.6 Å². The molecule has 0 aliphatic carbocycles. The van der Waals surface area contributed by atoms with Crippen molar-refractivity contribution in [3.63, 3.8) is 0 Å². The number of hydrogen-bond donors (Lipinski definition) is 1. The maximum atomic E-state index is 12.1. The highest BCUT2D eigenvalue weighted by atomic mass is 16.2. The predicted molar refractivity (Wildman–Crippen MR) is 73.7 cm³/mol. The molecule has 2 rings (SSSR count). The van der Waals surface area contributed by atoms with Crippen LogP contribution in [0.2, 0.25) is 0 Å². The van der Waals surface area contributed by atoms with E-state index >= 15 is 0 Å². The molecule has 2 aromatic rings. The average molecular weight is 274 g/mol. The third-order valence-corrected chi connectivity index (χ3v) is 2.99. The van der Waals surface area contributed by atoms with Crippen molar-refractivity contribution in [3.05, 3.63) is 42.2 Å². The van der Waals surface area contributed by atoms with E-state index in [9.17, 15) is 4.79 Å². The summed E-state index contributed by atoms with van der Waals surface area (Å²) in [6.07, 6.45) is 5.03. The van der Waals surface area contributed by atoms with Gasteiger partial charge in [0.15, 0.2) is 5.82 Å². The first kappa shape index (κ1) is 14.0. The molecule has 1 unspecified atom stereocenters. The fourth-order valence-electron chi connectivity index (χ4n) is 1.88. The van der Waals surface area contributed by atoms with Gasteiger partial charge in [-0.05, 0) is 24.6 Å². The molecule has 0 spiro atoms. The molecular weight excluding hydrogens is 256 g/mol. The van der Waals surface area contributed by atoms with E-state index in [1.807, 2.05) is 26.1 Å². The van der Waals surface area contributed by atoms with Gasteiger partial charge in [-0.3, -0.25) is 4.98 Å². The van der Waals surface area contributed by atoms with Crippen LogP contribution < -0.4 is 5.32 Å². The van der Waals surface area contributed by atoms with Crippen LogP contribution in [0, 0.1) is 0 Å². The van der Waals surface area contributed by atoms with E-state index in [-0.39, 0.29) is 12.1 Å². The van der Waals surface area contributed by atoms with E-state index in [2.05, 4.69) is 20.5 Å². The van der Waals surface area contributed by atoms with Crippen molar-refractivity contribution in [2.24, 2.45) is 7.05 Å². The number of hydrogen-bond acceptors (Lipinski definition) is 4. The molecule has 7 heteroatoms. The summed E-state index contributed by atoms with van der Waals surface area (Å²) < 4.78 is 1.79. The number of carbonyl (C=O) groups is 1. The lowest BCUT2D eigenvalue weighted by atomic mass is 10.2. The summed E-state index contributed by atoms with van der Waals surface area (Å²) in [5, 5.41) is 10.7. The van der Waals surface area contributed by atoms with Crippen LogP contribution in [0.4, 0.5) is 4.79 Å². The molecule has 0 bridgehead atoms. The number of nitrogens with zero attached hydrogens (tertiary/aromatic N) is 5. The average Bonchev–Trinajstić information content (AvgIpc) is 2.86. The van der Waals surface area contributed by atoms with E-state index in [0.29, 0.717) is 6.54 Å². The Labute approximate surface area is 117 Å². The second kappa shape index (κ2) is 6.14. The zero-order valence-electron chi connectivity index (χ0n) is 11.8. The molecule has 106 valence electrons. The minimum Gasteiger partial charge on any atom is -0.328 e. The van der Waals surface area contributed by atoms with E-state index < -0.39 is 0 Å². The van der Waals surface area contributed by atoms with Crippen molar-refractivity contribution in [2.75, 3.05) is 7.05 Å². The van der Waals surface area contributed by atoms with Crippen LogP contribution in [0.3, 0.4) is 0 Å². The molecule has 1 atom stereocenters. The maximum Gasteiger partial charge on any atom is 0.318 e. The SMILES string of the molecule is CC(NC(=O)N(C)Cc1ccncc1)c1nncn1C. The van der Waals surface area contributed by atoms with Gasteiger partial charge in [-0.25, -0.2) is 4.79 Å². The molecule has 0 aliphatic heterocycles. The summed E-state index contributed by atoms with van der Waals surface area (Å²) in [6.45, 7) is 2.40. The van der Waals surface area contributed by atoms with E-state index in [1.165, 1.54) is 0 Å². The van der Waals surface area contributed by atoms with Gasteiger partial charge in [0.2, 0.25) is 0 Å². The minimum absolute atomic E-state index is 0.155. The van der Waals surface area contributed by atoms with Gasteiger partial charge in [-0.2, -0.15) is 0 Å². The highest BCUT2D eigenvalue weighted by molar-refractivity contribution is 5.74. The molecule has 0 radical (unpaired) electrons. The van der Waals surface area contributed by atoms with Crippen molar-refractivity contribution in [1.82, 2.24) is 30.0 Å². The maximum absolute atomic E-state index is 12.1. The Bertz CT molecular complexity index is 567. The fraction of sp³-hybridized carbons (Fsp3) is 0.385. The molecule has 2 amide bonds. The zero-order valence-corrected chi connectivity index (χ0v) is 11.8. The molecular formula is C13H18N6O. The smallest absolute Gasteiger partial charge is 0.318 e. The molecule has 0 saturated heterocycles. The van der Waals surface area contributed by atoms with Crippen molar-refractivity contribution >= 4 is 6.03 Å². The lowest BCUT2D eigenvalue weighted by molar-refractivity contribution is 0.203. The summed E-state index contributed by atoms with van der Waals surface area (Å²) in [5.41, 5.74) is 1.03. The molecule has 0 fully saturated rings. The summed E-state index contributed by atoms with van der Waals surface area (Å²) in [4.78, 5) is 17.7. The number of pyridine rings is 1. The number of aryl methyl sites for hydroxylation is 1. The standard InChI is InChI=1S/C13H18N6O/c1-10(12-17-15-9-19(12)3)16-13(20)18(2)8-11-4-6-14-7-5-11/h4-7,9-10H,8H2,1-3H3,(H,16,20). The Morgan fingerprint density at radius 2 is 2.15 bits per heavy atom. The quantitative estimate of drug-likeness (QED) is 0.906. The van der Waals surface area contributed by atoms with Gasteiger partial charge >= 0.3 is 6.03 Å². The summed E-state index contributed by atoms with van der Waals surface area (Å²) in [5.74, 6) is 0.718. The van der Waals surface area contributed by atoms with Crippen LogP contribution in [0.15, 0.2) is 30.9 Å². The van der Waals surface area contributed by atoms with Gasteiger partial charge in [-0.15, -0.1) is 10.2 Å². The van der Waals surface area contributed by atoms with E-state index in [0.717, 1.165) is 11.4 Å². The first-order chi connectivity index (χ1) is 9.58. The second-order valence-electron chi connectivity index (χ2n) is 4.68. The first-order valence-corrected chi connectivity index (χ1v) is 6.32. The summed E-state index contributed by atoms with van der Waals surface area (Å²) >= 11 is 0. The molecule has 0 aromatic carbocycles. The Hall–Kier alpha value is -2.44. The van der Waals surface area contributed by atoms with Gasteiger partial charge in [0, 0.05) is 33.0 Å². The Kier molecular flexibility index (Phi) is 4.29. The van der Waals surface area contributed by atoms with Crippen molar-refractivity contribution in [2.45, 2.75) is 19.5 Å². The van der Waals surface area contributed by atoms with Gasteiger partial charge in [-0.1, -0.05) is 0 Å². The number of amides is 2. The topological polar surface area (TPSA) is 75.9 Å². The van der Waals surface area contributed by atoms with Gasteiger partial charge < -0.3 is 14.8 Å². The number of rotatable bonds is 4. The predicted octanol–water partition coefficient (Wildman–Crippen LogP) is 1.11. The Morgan fingerprint density at radius 1 is 1.45 bits per heavy atom. The van der Waals surface area contributed by atoms with Crippen LogP contribution in [0.1, 0.15) is 24.4 Å². The van der Waals surface area contributed by atoms with Crippen molar-refractivity contribution < 1.29 is 4.79 Å². The largest absolute Gasteiger partial charge is 0.328 e. The zero-order chi connectivity index (χ0) is 14.5. The third-order valence-electron chi connectivity index (χ3n) is 2.99. The number of nitrogens with one attached hydrogen (secondary N) is 1. The van der Waals surface area contributed by atoms with Crippen molar-refractivity contribution in [1.29, 1.82) is 0 Å². The first-order valence-electron chi connectivity index (χ1n) is 6.32. The Morgan fingerprint density at radius 3 is 2.75 bits per heavy atom. The molecule has 0 aliphatic rings. The molecule has 2 heterocycles. The van der Waals surface area contributed by atoms with Gasteiger partial charge in [0.05, 0.1) is 6.04 Å². The van der Waals surface area contributed by atoms with Crippen LogP contribution in [0.25, 0.3) is 0 Å². The lowest BCUT2D eigenvalue weighted by Crippen LogP contribution is -2.38. The minimum atomic E-state index is -0.199. The van der Waals surface area contributed by atoms with Gasteiger partial charge in [0.25, 0.3) is 0 Å². The lowest BCUT2D eigenvalue weighted by Gasteiger charge is -2.21. The van der Waals surface area contributed by atoms with Crippen LogP contribution in [0.5, 0.6) is 0 Å². The van der Waals surface area contributed by atoms with Crippen molar-refractivity contribution in [3.8, 4) is 0 Å². The number of urea groups is 1. The molecule has 1 N–H and O–H groups in total. The molecule has 20 heavy (non-hydrogen) atoms. The third kappa shape index (κ3) is 3.31. The summed E-state index contributed by atoms with van der Waals surface area (Å²) in [7, 11) is 3.60. The van der Waals surface area contributed by atoms with Gasteiger partial charge in [0.1, 0.15) is 6.33 Å². The molecule has 0 saturated carbocycles. The van der Waals surface area contributed by atoms with Crippen LogP contribution >= 0.6 is 0 Å². The highest BCUT2D eigenvalue weighted by Gasteiger charge is 2.16.